The summed E-state index contributed by atoms with van der Waals surface area (Å²) in [5, 5.41) is 8.38. The van der Waals surface area contributed by atoms with Gasteiger partial charge in [-0.25, -0.2) is 4.79 Å². The van der Waals surface area contributed by atoms with Crippen LogP contribution in [0.25, 0.3) is 0 Å². The van der Waals surface area contributed by atoms with E-state index in [-0.39, 0.29) is 27.3 Å². The van der Waals surface area contributed by atoms with Crippen molar-refractivity contribution >= 4 is 33.3 Å². The summed E-state index contributed by atoms with van der Waals surface area (Å²) in [6.07, 6.45) is 0. The van der Waals surface area contributed by atoms with E-state index < -0.39 is 5.97 Å². The summed E-state index contributed by atoms with van der Waals surface area (Å²) in [5.74, 6) is -0.879. The minimum atomic E-state index is -0.879. The van der Waals surface area contributed by atoms with Crippen molar-refractivity contribution in [2.24, 2.45) is 0 Å². The van der Waals surface area contributed by atoms with Gasteiger partial charge in [0.25, 0.3) is 0 Å². The molecule has 0 aliphatic rings. The van der Waals surface area contributed by atoms with Gasteiger partial charge >= 0.3 is 5.97 Å². The van der Waals surface area contributed by atoms with E-state index in [0.717, 1.165) is 0 Å². The van der Waals surface area contributed by atoms with Gasteiger partial charge in [-0.3, -0.25) is 0 Å². The monoisotopic (exact) mass is 330 g/mol. The molecule has 1 N–H and O–H groups in total. The third-order valence-electron chi connectivity index (χ3n) is 1.02. The van der Waals surface area contributed by atoms with Gasteiger partial charge in [-0.15, -0.1) is 0 Å². The Morgan fingerprint density at radius 1 is 1.20 bits per heavy atom. The molecule has 0 fully saturated rings. The first-order valence-electron chi connectivity index (χ1n) is 2.59. The third-order valence-corrected chi connectivity index (χ3v) is 1.02. The standard InChI is InChI=1S/C7H6O2.Pb/c8-7(9)6-4-2-1-3-5-6;/h1-5H,(H,8,9);. The molecular weight excluding hydrogens is 323 g/mol. The van der Waals surface area contributed by atoms with E-state index in [1.165, 1.54) is 0 Å². The topological polar surface area (TPSA) is 37.3 Å². The molecule has 0 unspecified atom stereocenters. The largest absolute Gasteiger partial charge is 0.478 e. The average molecular weight is 329 g/mol. The van der Waals surface area contributed by atoms with E-state index in [9.17, 15) is 4.79 Å². The zero-order valence-corrected chi connectivity index (χ0v) is 9.13. The first-order valence-corrected chi connectivity index (χ1v) is 2.59. The van der Waals surface area contributed by atoms with Crippen molar-refractivity contribution in [3.05, 3.63) is 35.9 Å². The van der Waals surface area contributed by atoms with Crippen LogP contribution in [0.5, 0.6) is 0 Å². The van der Waals surface area contributed by atoms with Crippen molar-refractivity contribution in [2.45, 2.75) is 0 Å². The van der Waals surface area contributed by atoms with Gasteiger partial charge < -0.3 is 5.11 Å². The van der Waals surface area contributed by atoms with E-state index in [1.807, 2.05) is 0 Å². The second kappa shape index (κ2) is 4.43. The van der Waals surface area contributed by atoms with Gasteiger partial charge in [0.05, 0.1) is 5.56 Å². The molecule has 50 valence electrons. The van der Waals surface area contributed by atoms with Crippen LogP contribution in [0.15, 0.2) is 30.3 Å². The summed E-state index contributed by atoms with van der Waals surface area (Å²) in [6, 6.07) is 8.30. The molecule has 0 aliphatic heterocycles. The van der Waals surface area contributed by atoms with E-state index >= 15 is 0 Å². The van der Waals surface area contributed by atoms with Crippen molar-refractivity contribution in [1.82, 2.24) is 0 Å². The molecule has 10 heavy (non-hydrogen) atoms. The molecule has 0 spiro atoms. The molecule has 0 amide bonds. The molecule has 0 saturated heterocycles. The van der Waals surface area contributed by atoms with Crippen molar-refractivity contribution in [3.63, 3.8) is 0 Å². The van der Waals surface area contributed by atoms with Crippen LogP contribution >= 0.6 is 0 Å². The second-order valence-corrected chi connectivity index (χ2v) is 1.67. The molecule has 0 heterocycles. The number of hydrogen-bond donors (Lipinski definition) is 1. The Morgan fingerprint density at radius 3 is 2.00 bits per heavy atom. The van der Waals surface area contributed by atoms with Gasteiger partial charge in [-0.1, -0.05) is 18.2 Å². The molecule has 0 bridgehead atoms. The number of hydrogen-bond acceptors (Lipinski definition) is 1. The first-order chi connectivity index (χ1) is 4.30. The van der Waals surface area contributed by atoms with Crippen LogP contribution in [0.1, 0.15) is 10.4 Å². The van der Waals surface area contributed by atoms with Gasteiger partial charge in [0, 0.05) is 27.3 Å². The predicted molar refractivity (Wildman–Crippen MR) is 39.2 cm³/mol. The average Bonchev–Trinajstić information content (AvgIpc) is 1.90. The summed E-state index contributed by atoms with van der Waals surface area (Å²) < 4.78 is 0. The molecule has 3 heteroatoms. The predicted octanol–water partition coefficient (Wildman–Crippen LogP) is 1.00. The van der Waals surface area contributed by atoms with Gasteiger partial charge in [-0.05, 0) is 12.1 Å². The number of benzene rings is 1. The Kier molecular flexibility index (Phi) is 4.26. The molecule has 1 aromatic carbocycles. The molecule has 0 atom stereocenters. The van der Waals surface area contributed by atoms with Crippen LogP contribution in [0.2, 0.25) is 0 Å². The Morgan fingerprint density at radius 2 is 1.70 bits per heavy atom. The fourth-order valence-electron chi connectivity index (χ4n) is 0.581. The molecule has 2 nitrogen and oxygen atoms in total. The van der Waals surface area contributed by atoms with Crippen molar-refractivity contribution < 1.29 is 9.90 Å². The van der Waals surface area contributed by atoms with E-state index in [4.69, 9.17) is 5.11 Å². The number of carboxylic acids is 1. The molecular formula is C7H6O2Pb. The maximum absolute atomic E-state index is 10.2. The minimum absolute atomic E-state index is 0. The zero-order chi connectivity index (χ0) is 6.69. The fourth-order valence-corrected chi connectivity index (χ4v) is 0.581. The fraction of sp³-hybridized carbons (Fsp3) is 0. The number of rotatable bonds is 1. The summed E-state index contributed by atoms with van der Waals surface area (Å²) in [6.45, 7) is 0. The summed E-state index contributed by atoms with van der Waals surface area (Å²) in [7, 11) is 0. The Bertz CT molecular complexity index is 208. The van der Waals surface area contributed by atoms with Crippen LogP contribution in [-0.4, -0.2) is 38.4 Å². The Balaban J connectivity index is 0.000000810. The normalized spacial score (nSPS) is 8.00. The Hall–Kier alpha value is -0.388. The van der Waals surface area contributed by atoms with Gasteiger partial charge in [-0.2, -0.15) is 0 Å². The molecule has 0 saturated carbocycles. The molecule has 0 aliphatic carbocycles. The quantitative estimate of drug-likeness (QED) is 0.781. The minimum Gasteiger partial charge on any atom is -0.478 e. The molecule has 1 rings (SSSR count). The second-order valence-electron chi connectivity index (χ2n) is 1.67. The van der Waals surface area contributed by atoms with E-state index in [1.54, 1.807) is 30.3 Å². The Labute approximate surface area is 79.0 Å². The molecule has 0 aromatic heterocycles. The zero-order valence-electron chi connectivity index (χ0n) is 5.24. The van der Waals surface area contributed by atoms with Gasteiger partial charge in [0.15, 0.2) is 0 Å². The summed E-state index contributed by atoms with van der Waals surface area (Å²) >= 11 is 0. The van der Waals surface area contributed by atoms with E-state index in [2.05, 4.69) is 0 Å². The number of carboxylic acid groups (broad SMARTS) is 1. The maximum Gasteiger partial charge on any atom is 0.335 e. The maximum atomic E-state index is 10.2. The number of aromatic carboxylic acids is 1. The smallest absolute Gasteiger partial charge is 0.335 e. The van der Waals surface area contributed by atoms with Crippen molar-refractivity contribution in [2.75, 3.05) is 0 Å². The van der Waals surface area contributed by atoms with Gasteiger partial charge in [0.1, 0.15) is 0 Å². The van der Waals surface area contributed by atoms with Gasteiger partial charge in [0.2, 0.25) is 0 Å². The molecule has 1 aromatic rings. The van der Waals surface area contributed by atoms with Crippen molar-refractivity contribution in [1.29, 1.82) is 0 Å². The summed E-state index contributed by atoms with van der Waals surface area (Å²) in [5.41, 5.74) is 0.331. The first kappa shape index (κ1) is 9.61. The van der Waals surface area contributed by atoms with Crippen LogP contribution < -0.4 is 0 Å². The van der Waals surface area contributed by atoms with Crippen LogP contribution in [-0.2, 0) is 0 Å². The van der Waals surface area contributed by atoms with E-state index in [0.29, 0.717) is 5.56 Å². The summed E-state index contributed by atoms with van der Waals surface area (Å²) in [4.78, 5) is 10.2. The van der Waals surface area contributed by atoms with Crippen molar-refractivity contribution in [3.8, 4) is 0 Å². The van der Waals surface area contributed by atoms with Crippen LogP contribution in [0.3, 0.4) is 0 Å². The third kappa shape index (κ3) is 2.47. The number of carbonyl (C=O) groups is 1. The van der Waals surface area contributed by atoms with Crippen LogP contribution in [0, 0.1) is 0 Å². The van der Waals surface area contributed by atoms with Crippen LogP contribution in [0.4, 0.5) is 0 Å². The SMILES string of the molecule is O=C(O)c1ccccc1.[Pb]. The molecule has 4 radical (unpaired) electrons.